The van der Waals surface area contributed by atoms with Crippen LogP contribution in [-0.4, -0.2) is 17.6 Å². The third kappa shape index (κ3) is 5.17. The molecule has 0 N–H and O–H groups in total. The average Bonchev–Trinajstić information content (AvgIpc) is 1.63. The molecule has 0 saturated heterocycles. The minimum absolute atomic E-state index is 0.0430. The maximum Gasteiger partial charge on any atom is 0.173 e. The molecule has 0 fully saturated rings. The van der Waals surface area contributed by atoms with Crippen molar-refractivity contribution >= 4 is 44.0 Å². The van der Waals surface area contributed by atoms with Gasteiger partial charge in [0.05, 0.1) is 9.14 Å². The number of hydrogen-bond donors (Lipinski definition) is 0. The molecule has 0 saturated carbocycles. The summed E-state index contributed by atoms with van der Waals surface area (Å²) < 4.78 is 20.8. The van der Waals surface area contributed by atoms with Crippen LogP contribution >= 0.6 is 34.2 Å². The molecule has 0 aliphatic heterocycles. The minimum atomic E-state index is -3.09. The third-order valence-corrected chi connectivity index (χ3v) is 3.29. The molecule has 9 heavy (non-hydrogen) atoms. The van der Waals surface area contributed by atoms with Gasteiger partial charge in [0, 0.05) is 5.41 Å². The molecule has 0 radical (unpaired) electrons. The molecular formula is C4H6ClIO2S. The van der Waals surface area contributed by atoms with Crippen LogP contribution in [0.25, 0.3) is 0 Å². The maximum atomic E-state index is 10.6. The number of hydrogen-bond acceptors (Lipinski definition) is 2. The number of alkyl halides is 2. The lowest BCUT2D eigenvalue weighted by atomic mass is 11.0. The molecule has 0 aromatic carbocycles. The Balaban J connectivity index is 4.05. The fourth-order valence-electron chi connectivity index (χ4n) is 0.244. The first-order chi connectivity index (χ1) is 3.98. The molecule has 54 valence electrons. The maximum absolute atomic E-state index is 10.6. The van der Waals surface area contributed by atoms with Crippen molar-refractivity contribution in [1.82, 2.24) is 0 Å². The lowest BCUT2D eigenvalue weighted by Gasteiger charge is -1.96. The van der Waals surface area contributed by atoms with Crippen molar-refractivity contribution in [1.29, 1.82) is 0 Å². The molecule has 5 heteroatoms. The van der Waals surface area contributed by atoms with Crippen LogP contribution in [0.3, 0.4) is 0 Å². The summed E-state index contributed by atoms with van der Waals surface area (Å²) in [7, 11) is -3.09. The number of sulfone groups is 1. The third-order valence-electron chi connectivity index (χ3n) is 0.612. The van der Waals surface area contributed by atoms with Crippen LogP contribution in [-0.2, 0) is 9.84 Å². The Kier molecular flexibility index (Phi) is 4.07. The molecule has 1 unspecified atom stereocenters. The Labute approximate surface area is 73.3 Å². The van der Waals surface area contributed by atoms with Gasteiger partial charge in [-0.1, -0.05) is 29.2 Å². The summed E-state index contributed by atoms with van der Waals surface area (Å²) >= 11 is 7.23. The van der Waals surface area contributed by atoms with Gasteiger partial charge in [-0.15, -0.1) is 11.6 Å². The predicted octanol–water partition coefficient (Wildman–Crippen LogP) is 1.54. The van der Waals surface area contributed by atoms with Gasteiger partial charge in [-0.2, -0.15) is 0 Å². The average molecular weight is 281 g/mol. The van der Waals surface area contributed by atoms with Crippen LogP contribution in [0.2, 0.25) is 0 Å². The van der Waals surface area contributed by atoms with Crippen molar-refractivity contribution < 1.29 is 8.42 Å². The van der Waals surface area contributed by atoms with E-state index in [1.807, 2.05) is 22.6 Å². The van der Waals surface area contributed by atoms with Crippen molar-refractivity contribution in [3.05, 3.63) is 12.0 Å². The van der Waals surface area contributed by atoms with Gasteiger partial charge in [-0.25, -0.2) is 8.42 Å². The predicted molar refractivity (Wildman–Crippen MR) is 47.6 cm³/mol. The molecule has 2 nitrogen and oxygen atoms in total. The van der Waals surface area contributed by atoms with Crippen LogP contribution in [0.15, 0.2) is 12.0 Å². The van der Waals surface area contributed by atoms with E-state index in [9.17, 15) is 8.42 Å². The van der Waals surface area contributed by atoms with Gasteiger partial charge >= 0.3 is 0 Å². The molecule has 0 aliphatic rings. The highest BCUT2D eigenvalue weighted by Crippen LogP contribution is 2.09. The second-order valence-corrected chi connectivity index (χ2v) is 6.15. The Bertz CT molecular complexity index is 185. The molecule has 0 amide bonds. The quantitative estimate of drug-likeness (QED) is 0.580. The van der Waals surface area contributed by atoms with Gasteiger partial charge in [0.25, 0.3) is 0 Å². The highest BCUT2D eigenvalue weighted by atomic mass is 127. The zero-order valence-electron chi connectivity index (χ0n) is 4.55. The van der Waals surface area contributed by atoms with Gasteiger partial charge in [-0.3, -0.25) is 0 Å². The lowest BCUT2D eigenvalue weighted by molar-refractivity contribution is 0.606. The molecule has 0 spiro atoms. The minimum Gasteiger partial charge on any atom is -0.224 e. The first-order valence-corrected chi connectivity index (χ1v) is 5.51. The summed E-state index contributed by atoms with van der Waals surface area (Å²) in [6.07, 6.45) is 0. The second-order valence-electron chi connectivity index (χ2n) is 1.39. The molecule has 0 rings (SSSR count). The van der Waals surface area contributed by atoms with E-state index in [2.05, 4.69) is 6.58 Å². The Hall–Kier alpha value is 0.710. The zero-order chi connectivity index (χ0) is 7.49. The van der Waals surface area contributed by atoms with Crippen molar-refractivity contribution in [3.8, 4) is 0 Å². The smallest absolute Gasteiger partial charge is 0.173 e. The fraction of sp³-hybridized carbons (Fsp3) is 0.500. The summed E-state index contributed by atoms with van der Waals surface area (Å²) in [6.45, 7) is 3.14. The largest absolute Gasteiger partial charge is 0.224 e. The first kappa shape index (κ1) is 9.71. The van der Waals surface area contributed by atoms with E-state index in [0.29, 0.717) is 0 Å². The van der Waals surface area contributed by atoms with Crippen molar-refractivity contribution in [2.75, 3.05) is 5.75 Å². The molecule has 1 atom stereocenters. The molecule has 0 bridgehead atoms. The number of halogens is 2. The SMILES string of the molecule is C=CS(=O)(=O)CC(Cl)I. The zero-order valence-corrected chi connectivity index (χ0v) is 8.28. The first-order valence-electron chi connectivity index (χ1n) is 2.11. The van der Waals surface area contributed by atoms with E-state index in [1.165, 1.54) is 0 Å². The van der Waals surface area contributed by atoms with Crippen molar-refractivity contribution in [2.45, 2.75) is 3.38 Å². The van der Waals surface area contributed by atoms with Crippen molar-refractivity contribution in [3.63, 3.8) is 0 Å². The topological polar surface area (TPSA) is 34.1 Å². The summed E-state index contributed by atoms with van der Waals surface area (Å²) in [4.78, 5) is 0. The molecule has 0 aliphatic carbocycles. The van der Waals surface area contributed by atoms with Crippen LogP contribution in [0.1, 0.15) is 0 Å². The normalized spacial score (nSPS) is 14.9. The van der Waals surface area contributed by atoms with Gasteiger partial charge in [0.1, 0.15) is 0 Å². The number of rotatable bonds is 3. The highest BCUT2D eigenvalue weighted by Gasteiger charge is 2.09. The van der Waals surface area contributed by atoms with E-state index in [4.69, 9.17) is 11.6 Å². The molecule has 0 heterocycles. The van der Waals surface area contributed by atoms with Crippen molar-refractivity contribution in [2.24, 2.45) is 0 Å². The monoisotopic (exact) mass is 280 g/mol. The van der Waals surface area contributed by atoms with E-state index >= 15 is 0 Å². The van der Waals surface area contributed by atoms with E-state index in [1.54, 1.807) is 0 Å². The molecular weight excluding hydrogens is 274 g/mol. The van der Waals surface area contributed by atoms with E-state index in [0.717, 1.165) is 5.41 Å². The summed E-state index contributed by atoms with van der Waals surface area (Å²) in [6, 6.07) is 0. The summed E-state index contributed by atoms with van der Waals surface area (Å²) in [5.74, 6) is -0.0430. The molecule has 0 aromatic rings. The Morgan fingerprint density at radius 2 is 2.22 bits per heavy atom. The van der Waals surface area contributed by atoms with E-state index in [-0.39, 0.29) is 9.14 Å². The lowest BCUT2D eigenvalue weighted by Crippen LogP contribution is -2.07. The van der Waals surface area contributed by atoms with Crippen LogP contribution in [0.4, 0.5) is 0 Å². The van der Waals surface area contributed by atoms with Crippen LogP contribution in [0.5, 0.6) is 0 Å². The van der Waals surface area contributed by atoms with Gasteiger partial charge in [0.2, 0.25) is 0 Å². The van der Waals surface area contributed by atoms with E-state index < -0.39 is 9.84 Å². The highest BCUT2D eigenvalue weighted by molar-refractivity contribution is 14.1. The Morgan fingerprint density at radius 1 is 1.78 bits per heavy atom. The van der Waals surface area contributed by atoms with Gasteiger partial charge in [0.15, 0.2) is 9.84 Å². The fourth-order valence-corrected chi connectivity index (χ4v) is 2.76. The van der Waals surface area contributed by atoms with Crippen LogP contribution in [0, 0.1) is 0 Å². The summed E-state index contributed by atoms with van der Waals surface area (Å²) in [5.41, 5.74) is 0. The van der Waals surface area contributed by atoms with Gasteiger partial charge in [-0.05, 0) is 0 Å². The Morgan fingerprint density at radius 3 is 2.33 bits per heavy atom. The van der Waals surface area contributed by atoms with Crippen LogP contribution < -0.4 is 0 Å². The standard InChI is InChI=1S/C4H6ClIO2S/c1-2-9(7,8)3-4(5)6/h2,4H,1,3H2. The molecule has 0 aromatic heterocycles. The van der Waals surface area contributed by atoms with Gasteiger partial charge < -0.3 is 0 Å². The second kappa shape index (κ2) is 3.78. The summed E-state index contributed by atoms with van der Waals surface area (Å²) in [5, 5.41) is 0.918.